The van der Waals surface area contributed by atoms with Crippen molar-refractivity contribution in [3.05, 3.63) is 41.6 Å². The summed E-state index contributed by atoms with van der Waals surface area (Å²) in [5.74, 6) is 2.99. The maximum absolute atomic E-state index is 11.2. The average molecular weight is 352 g/mol. The Bertz CT molecular complexity index is 814. The molecular weight excluding hydrogens is 336 g/mol. The number of terminal acetylenes is 1. The second-order valence-corrected chi connectivity index (χ2v) is 5.28. The van der Waals surface area contributed by atoms with Crippen LogP contribution in [0.15, 0.2) is 30.3 Å². The van der Waals surface area contributed by atoms with E-state index in [2.05, 4.69) is 11.0 Å². The SMILES string of the molecule is C#CCCc1nn(-c2ccccc2)c(OC)c1C=O.O=S(=O)(O)O. The summed E-state index contributed by atoms with van der Waals surface area (Å²) < 4.78 is 38.5. The topological polar surface area (TPSA) is 119 Å². The van der Waals surface area contributed by atoms with E-state index in [1.165, 1.54) is 7.11 Å². The highest BCUT2D eigenvalue weighted by Crippen LogP contribution is 2.25. The predicted octanol–water partition coefficient (Wildman–Crippen LogP) is 1.61. The molecule has 0 fully saturated rings. The fourth-order valence-corrected chi connectivity index (χ4v) is 1.89. The Morgan fingerprint density at radius 3 is 2.38 bits per heavy atom. The zero-order valence-electron chi connectivity index (χ0n) is 12.8. The molecule has 0 amide bonds. The van der Waals surface area contributed by atoms with Crippen LogP contribution in [0.4, 0.5) is 0 Å². The van der Waals surface area contributed by atoms with Crippen molar-refractivity contribution < 1.29 is 27.1 Å². The van der Waals surface area contributed by atoms with Gasteiger partial charge in [0.1, 0.15) is 0 Å². The number of nitrogens with zero attached hydrogens (tertiary/aromatic N) is 2. The third-order valence-corrected chi connectivity index (χ3v) is 2.77. The van der Waals surface area contributed by atoms with Gasteiger partial charge in [-0.1, -0.05) is 18.2 Å². The Morgan fingerprint density at radius 1 is 1.33 bits per heavy atom. The van der Waals surface area contributed by atoms with E-state index in [9.17, 15) is 4.79 Å². The molecular formula is C15H16N2O6S. The van der Waals surface area contributed by atoms with Crippen LogP contribution in [0.3, 0.4) is 0 Å². The fourth-order valence-electron chi connectivity index (χ4n) is 1.89. The zero-order valence-corrected chi connectivity index (χ0v) is 13.6. The molecule has 1 aromatic carbocycles. The summed E-state index contributed by atoms with van der Waals surface area (Å²) in [5, 5.41) is 4.42. The summed E-state index contributed by atoms with van der Waals surface area (Å²) in [7, 11) is -3.14. The fraction of sp³-hybridized carbons (Fsp3) is 0.200. The van der Waals surface area contributed by atoms with Crippen molar-refractivity contribution in [2.45, 2.75) is 12.8 Å². The van der Waals surface area contributed by atoms with Crippen molar-refractivity contribution in [2.75, 3.05) is 7.11 Å². The third kappa shape index (κ3) is 5.85. The molecule has 0 aliphatic rings. The first-order chi connectivity index (χ1) is 11.3. The Balaban J connectivity index is 0.000000505. The highest BCUT2D eigenvalue weighted by atomic mass is 32.3. The maximum atomic E-state index is 11.2. The molecule has 8 nitrogen and oxygen atoms in total. The van der Waals surface area contributed by atoms with Crippen LogP contribution in [0.1, 0.15) is 22.5 Å². The van der Waals surface area contributed by atoms with Gasteiger partial charge in [-0.25, -0.2) is 4.68 Å². The van der Waals surface area contributed by atoms with Gasteiger partial charge in [-0.3, -0.25) is 13.9 Å². The van der Waals surface area contributed by atoms with E-state index >= 15 is 0 Å². The highest BCUT2D eigenvalue weighted by molar-refractivity contribution is 7.79. The molecule has 0 saturated heterocycles. The number of aryl methyl sites for hydroxylation is 1. The molecule has 1 aromatic heterocycles. The van der Waals surface area contributed by atoms with E-state index in [0.29, 0.717) is 30.0 Å². The Morgan fingerprint density at radius 2 is 1.92 bits per heavy atom. The summed E-state index contributed by atoms with van der Waals surface area (Å²) in [6.07, 6.45) is 7.11. The number of aldehydes is 1. The molecule has 0 saturated carbocycles. The van der Waals surface area contributed by atoms with Crippen molar-refractivity contribution in [3.63, 3.8) is 0 Å². The van der Waals surface area contributed by atoms with Gasteiger partial charge in [0.05, 0.1) is 24.1 Å². The quantitative estimate of drug-likeness (QED) is 0.476. The molecule has 0 aliphatic carbocycles. The molecule has 0 spiro atoms. The minimum Gasteiger partial charge on any atom is -0.480 e. The number of carbonyl (C=O) groups excluding carboxylic acids is 1. The van der Waals surface area contributed by atoms with Crippen molar-refractivity contribution in [1.29, 1.82) is 0 Å². The first-order valence-corrected chi connectivity index (χ1v) is 8.01. The second kappa shape index (κ2) is 8.83. The van der Waals surface area contributed by atoms with Crippen LogP contribution in [0.5, 0.6) is 5.88 Å². The number of rotatable bonds is 5. The van der Waals surface area contributed by atoms with Gasteiger partial charge in [-0.15, -0.1) is 12.3 Å². The molecule has 2 aromatic rings. The number of benzene rings is 1. The van der Waals surface area contributed by atoms with Crippen molar-refractivity contribution in [1.82, 2.24) is 9.78 Å². The molecule has 0 aliphatic heterocycles. The number of hydrogen-bond donors (Lipinski definition) is 2. The van der Waals surface area contributed by atoms with Gasteiger partial charge in [0.2, 0.25) is 5.88 Å². The van der Waals surface area contributed by atoms with Crippen molar-refractivity contribution >= 4 is 16.7 Å². The first-order valence-electron chi connectivity index (χ1n) is 6.61. The van der Waals surface area contributed by atoms with Gasteiger partial charge in [-0.05, 0) is 12.1 Å². The molecule has 2 N–H and O–H groups in total. The lowest BCUT2D eigenvalue weighted by molar-refractivity contribution is 0.111. The summed E-state index contributed by atoms with van der Waals surface area (Å²) in [5.41, 5.74) is 1.96. The molecule has 0 atom stereocenters. The van der Waals surface area contributed by atoms with Crippen LogP contribution in [-0.4, -0.2) is 40.7 Å². The Kier molecular flexibility index (Phi) is 7.13. The lowest BCUT2D eigenvalue weighted by Crippen LogP contribution is -2.00. The van der Waals surface area contributed by atoms with E-state index in [1.54, 1.807) is 4.68 Å². The molecule has 24 heavy (non-hydrogen) atoms. The van der Waals surface area contributed by atoms with Gasteiger partial charge in [0, 0.05) is 12.8 Å². The van der Waals surface area contributed by atoms with Gasteiger partial charge in [-0.2, -0.15) is 13.5 Å². The number of para-hydroxylation sites is 1. The Labute approximate surface area is 139 Å². The number of carbonyl (C=O) groups is 1. The highest BCUT2D eigenvalue weighted by Gasteiger charge is 2.18. The van der Waals surface area contributed by atoms with E-state index in [4.69, 9.17) is 28.7 Å². The zero-order chi connectivity index (χ0) is 18.2. The van der Waals surface area contributed by atoms with Gasteiger partial charge in [0.15, 0.2) is 6.29 Å². The van der Waals surface area contributed by atoms with E-state index in [-0.39, 0.29) is 0 Å². The summed E-state index contributed by atoms with van der Waals surface area (Å²) in [6.45, 7) is 0. The van der Waals surface area contributed by atoms with Crippen molar-refractivity contribution in [3.8, 4) is 23.9 Å². The summed E-state index contributed by atoms with van der Waals surface area (Å²) >= 11 is 0. The summed E-state index contributed by atoms with van der Waals surface area (Å²) in [4.78, 5) is 11.2. The number of methoxy groups -OCH3 is 1. The van der Waals surface area contributed by atoms with Crippen LogP contribution in [0, 0.1) is 12.3 Å². The van der Waals surface area contributed by atoms with Crippen molar-refractivity contribution in [2.24, 2.45) is 0 Å². The van der Waals surface area contributed by atoms with Crippen LogP contribution in [0.2, 0.25) is 0 Å². The maximum Gasteiger partial charge on any atom is 0.394 e. The van der Waals surface area contributed by atoms with Gasteiger partial charge in [0.25, 0.3) is 0 Å². The van der Waals surface area contributed by atoms with Crippen LogP contribution in [0.25, 0.3) is 5.69 Å². The number of aromatic nitrogens is 2. The molecule has 9 heteroatoms. The standard InChI is InChI=1S/C15H14N2O2.H2O4S/c1-3-4-10-14-13(11-18)15(19-2)17(16-14)12-8-6-5-7-9-12;1-5(2,3)4/h1,5-9,11H,4,10H2,2H3;(H2,1,2,3,4). The van der Waals surface area contributed by atoms with E-state index in [0.717, 1.165) is 12.0 Å². The largest absolute Gasteiger partial charge is 0.480 e. The molecule has 0 radical (unpaired) electrons. The third-order valence-electron chi connectivity index (χ3n) is 2.77. The Hall–Kier alpha value is -2.67. The number of hydrogen-bond acceptors (Lipinski definition) is 5. The summed E-state index contributed by atoms with van der Waals surface area (Å²) in [6, 6.07) is 9.51. The second-order valence-electron chi connectivity index (χ2n) is 4.39. The van der Waals surface area contributed by atoms with E-state index in [1.807, 2.05) is 30.3 Å². The molecule has 128 valence electrons. The minimum atomic E-state index is -4.67. The molecule has 0 unspecified atom stereocenters. The van der Waals surface area contributed by atoms with Crippen LogP contribution >= 0.6 is 0 Å². The van der Waals surface area contributed by atoms with Gasteiger partial charge < -0.3 is 4.74 Å². The normalized spacial score (nSPS) is 10.2. The molecule has 1 heterocycles. The van der Waals surface area contributed by atoms with Crippen LogP contribution < -0.4 is 4.74 Å². The minimum absolute atomic E-state index is 0.438. The molecule has 0 bridgehead atoms. The average Bonchev–Trinajstić information content (AvgIpc) is 2.89. The van der Waals surface area contributed by atoms with E-state index < -0.39 is 10.4 Å². The predicted molar refractivity (Wildman–Crippen MR) is 86.8 cm³/mol. The lowest BCUT2D eigenvalue weighted by atomic mass is 10.1. The first kappa shape index (κ1) is 19.4. The van der Waals surface area contributed by atoms with Crippen LogP contribution in [-0.2, 0) is 16.8 Å². The molecule has 2 rings (SSSR count). The number of ether oxygens (including phenoxy) is 1. The monoisotopic (exact) mass is 352 g/mol. The smallest absolute Gasteiger partial charge is 0.394 e. The van der Waals surface area contributed by atoms with Gasteiger partial charge >= 0.3 is 10.4 Å². The lowest BCUT2D eigenvalue weighted by Gasteiger charge is -2.05.